The largest absolute Gasteiger partial charge is 0.416 e. The van der Waals surface area contributed by atoms with E-state index in [4.69, 9.17) is 4.74 Å². The lowest BCUT2D eigenvalue weighted by Gasteiger charge is -2.45. The molecule has 1 aromatic heterocycles. The van der Waals surface area contributed by atoms with Crippen LogP contribution in [0.25, 0.3) is 11.8 Å². The minimum atomic E-state index is -4.55. The zero-order valence-electron chi connectivity index (χ0n) is 20.7. The van der Waals surface area contributed by atoms with Gasteiger partial charge in [0.05, 0.1) is 34.6 Å². The van der Waals surface area contributed by atoms with Gasteiger partial charge in [-0.05, 0) is 79.4 Å². The monoisotopic (exact) mass is 549 g/mol. The average molecular weight is 550 g/mol. The standard InChI is InChI=1S/C27H27F4N3O3S/c1-2-13-37-18-26-15-19-16-32-34(23-7-5-22(28)6-8-23)25(19)14-21(26)11-12-33(17-26)38(35,36)24-9-3-20(4-10-24)27(29,30)31/h3-10,14,16H,2,11-13,15,17-18H2,1H3/t26-/m1/s1. The molecule has 0 saturated carbocycles. The van der Waals surface area contributed by atoms with Gasteiger partial charge >= 0.3 is 6.18 Å². The molecule has 0 spiro atoms. The van der Waals surface area contributed by atoms with Crippen LogP contribution in [0, 0.1) is 11.2 Å². The van der Waals surface area contributed by atoms with Gasteiger partial charge in [0.2, 0.25) is 10.0 Å². The number of piperidine rings is 1. The van der Waals surface area contributed by atoms with Crippen LogP contribution in [0.4, 0.5) is 17.6 Å². The molecule has 2 heterocycles. The second-order valence-corrected chi connectivity index (χ2v) is 11.7. The van der Waals surface area contributed by atoms with Crippen LogP contribution in [0.5, 0.6) is 0 Å². The topological polar surface area (TPSA) is 64.4 Å². The smallest absolute Gasteiger partial charge is 0.380 e. The van der Waals surface area contributed by atoms with Crippen LogP contribution in [-0.4, -0.2) is 48.8 Å². The van der Waals surface area contributed by atoms with E-state index in [2.05, 4.69) is 5.10 Å². The van der Waals surface area contributed by atoms with E-state index < -0.39 is 27.2 Å². The first kappa shape index (κ1) is 26.6. The third-order valence-electron chi connectivity index (χ3n) is 7.13. The Hall–Kier alpha value is -3.02. The molecular weight excluding hydrogens is 522 g/mol. The van der Waals surface area contributed by atoms with Crippen LogP contribution in [0.15, 0.2) is 65.2 Å². The lowest BCUT2D eigenvalue weighted by Crippen LogP contribution is -2.51. The van der Waals surface area contributed by atoms with Crippen molar-refractivity contribution in [3.05, 3.63) is 82.9 Å². The molecule has 0 radical (unpaired) electrons. The molecule has 38 heavy (non-hydrogen) atoms. The number of sulfonamides is 1. The zero-order valence-corrected chi connectivity index (χ0v) is 21.5. The Morgan fingerprint density at radius 2 is 1.79 bits per heavy atom. The van der Waals surface area contributed by atoms with Gasteiger partial charge in [0.15, 0.2) is 0 Å². The molecular formula is C27H27F4N3O3S. The summed E-state index contributed by atoms with van der Waals surface area (Å²) in [5.41, 5.74) is 1.97. The molecule has 1 fully saturated rings. The Morgan fingerprint density at radius 1 is 1.08 bits per heavy atom. The quantitative estimate of drug-likeness (QED) is 0.289. The molecule has 1 saturated heterocycles. The third kappa shape index (κ3) is 4.90. The van der Waals surface area contributed by atoms with Crippen molar-refractivity contribution in [2.75, 3.05) is 26.3 Å². The van der Waals surface area contributed by atoms with E-state index in [1.54, 1.807) is 23.0 Å². The molecule has 5 rings (SSSR count). The fourth-order valence-electron chi connectivity index (χ4n) is 5.19. The SMILES string of the molecule is CCCOC[C@]12Cc3cnn(-c4ccc(F)cc4)c3C=C1CCN(S(=O)(=O)c1ccc(C(F)(F)F)cc1)C2. The van der Waals surface area contributed by atoms with E-state index in [1.807, 2.05) is 13.0 Å². The second kappa shape index (κ2) is 9.94. The van der Waals surface area contributed by atoms with Gasteiger partial charge in [0.1, 0.15) is 5.82 Å². The fraction of sp³-hybridized carbons (Fsp3) is 0.370. The highest BCUT2D eigenvalue weighted by molar-refractivity contribution is 7.89. The first-order chi connectivity index (χ1) is 18.0. The van der Waals surface area contributed by atoms with Crippen LogP contribution in [-0.2, 0) is 27.4 Å². The van der Waals surface area contributed by atoms with Crippen molar-refractivity contribution in [2.24, 2.45) is 5.41 Å². The van der Waals surface area contributed by atoms with Gasteiger partial charge in [-0.25, -0.2) is 17.5 Å². The minimum Gasteiger partial charge on any atom is -0.380 e. The summed E-state index contributed by atoms with van der Waals surface area (Å²) in [6.07, 6.45) is 0.924. The number of fused-ring (bicyclic) bond motifs is 2. The Balaban J connectivity index is 1.47. The predicted octanol–water partition coefficient (Wildman–Crippen LogP) is 5.48. The van der Waals surface area contributed by atoms with Crippen molar-refractivity contribution in [1.29, 1.82) is 0 Å². The maximum atomic E-state index is 13.5. The number of benzene rings is 2. The molecule has 2 aromatic carbocycles. The number of nitrogens with zero attached hydrogens (tertiary/aromatic N) is 3. The molecule has 1 atom stereocenters. The van der Waals surface area contributed by atoms with Gasteiger partial charge < -0.3 is 4.74 Å². The predicted molar refractivity (Wildman–Crippen MR) is 134 cm³/mol. The van der Waals surface area contributed by atoms with Crippen molar-refractivity contribution < 1.29 is 30.7 Å². The summed E-state index contributed by atoms with van der Waals surface area (Å²) in [6, 6.07) is 9.63. The molecule has 202 valence electrons. The Kier molecular flexibility index (Phi) is 6.95. The summed E-state index contributed by atoms with van der Waals surface area (Å²) >= 11 is 0. The van der Waals surface area contributed by atoms with Crippen molar-refractivity contribution >= 4 is 16.1 Å². The maximum absolute atomic E-state index is 13.5. The van der Waals surface area contributed by atoms with Crippen LogP contribution in [0.2, 0.25) is 0 Å². The maximum Gasteiger partial charge on any atom is 0.416 e. The first-order valence-corrected chi connectivity index (χ1v) is 13.8. The molecule has 1 aliphatic carbocycles. The summed E-state index contributed by atoms with van der Waals surface area (Å²) in [4.78, 5) is -0.178. The van der Waals surface area contributed by atoms with E-state index in [1.165, 1.54) is 16.4 Å². The van der Waals surface area contributed by atoms with Gasteiger partial charge in [-0.3, -0.25) is 0 Å². The number of aromatic nitrogens is 2. The number of hydrogen-bond donors (Lipinski definition) is 0. The van der Waals surface area contributed by atoms with Gasteiger partial charge in [0.25, 0.3) is 0 Å². The summed E-state index contributed by atoms with van der Waals surface area (Å²) in [5.74, 6) is -0.346. The molecule has 1 aliphatic heterocycles. The Morgan fingerprint density at radius 3 is 2.45 bits per heavy atom. The Bertz CT molecular complexity index is 1450. The number of ether oxygens (including phenoxy) is 1. The summed E-state index contributed by atoms with van der Waals surface area (Å²) in [6.45, 7) is 3.12. The highest BCUT2D eigenvalue weighted by Gasteiger charge is 2.46. The highest BCUT2D eigenvalue weighted by Crippen LogP contribution is 2.45. The van der Waals surface area contributed by atoms with E-state index >= 15 is 0 Å². The molecule has 6 nitrogen and oxygen atoms in total. The Labute approximate surface area is 218 Å². The van der Waals surface area contributed by atoms with E-state index in [-0.39, 0.29) is 23.8 Å². The summed E-state index contributed by atoms with van der Waals surface area (Å²) < 4.78 is 88.5. The van der Waals surface area contributed by atoms with E-state index in [0.717, 1.165) is 47.5 Å². The van der Waals surface area contributed by atoms with Gasteiger partial charge in [-0.1, -0.05) is 12.5 Å². The molecule has 0 N–H and O–H groups in total. The van der Waals surface area contributed by atoms with E-state index in [9.17, 15) is 26.0 Å². The lowest BCUT2D eigenvalue weighted by molar-refractivity contribution is -0.137. The summed E-state index contributed by atoms with van der Waals surface area (Å²) in [7, 11) is -4.04. The normalized spacial score (nSPS) is 20.1. The average Bonchev–Trinajstić information content (AvgIpc) is 3.29. The zero-order chi connectivity index (χ0) is 27.1. The highest BCUT2D eigenvalue weighted by atomic mass is 32.2. The fourth-order valence-corrected chi connectivity index (χ4v) is 6.72. The van der Waals surface area contributed by atoms with Crippen LogP contribution in [0.1, 0.15) is 36.6 Å². The van der Waals surface area contributed by atoms with E-state index in [0.29, 0.717) is 31.7 Å². The summed E-state index contributed by atoms with van der Waals surface area (Å²) in [5, 5.41) is 4.51. The molecule has 0 unspecified atom stereocenters. The second-order valence-electron chi connectivity index (χ2n) is 9.73. The number of hydrogen-bond acceptors (Lipinski definition) is 4. The third-order valence-corrected chi connectivity index (χ3v) is 8.99. The minimum absolute atomic E-state index is 0.132. The van der Waals surface area contributed by atoms with Crippen molar-refractivity contribution in [2.45, 2.75) is 37.3 Å². The van der Waals surface area contributed by atoms with Gasteiger partial charge in [-0.15, -0.1) is 0 Å². The van der Waals surface area contributed by atoms with Crippen LogP contribution < -0.4 is 0 Å². The first-order valence-electron chi connectivity index (χ1n) is 12.3. The van der Waals surface area contributed by atoms with Crippen molar-refractivity contribution in [1.82, 2.24) is 14.1 Å². The lowest BCUT2D eigenvalue weighted by atomic mass is 9.69. The molecule has 0 bridgehead atoms. The van der Waals surface area contributed by atoms with Crippen LogP contribution >= 0.6 is 0 Å². The molecule has 3 aromatic rings. The number of halogens is 4. The molecule has 0 amide bonds. The van der Waals surface area contributed by atoms with Crippen LogP contribution in [0.3, 0.4) is 0 Å². The van der Waals surface area contributed by atoms with Gasteiger partial charge in [0, 0.05) is 25.1 Å². The number of rotatable bonds is 7. The van der Waals surface area contributed by atoms with Crippen molar-refractivity contribution in [3.8, 4) is 5.69 Å². The number of alkyl halides is 3. The molecule has 11 heteroatoms. The molecule has 2 aliphatic rings. The van der Waals surface area contributed by atoms with Gasteiger partial charge in [-0.2, -0.15) is 22.6 Å². The van der Waals surface area contributed by atoms with Crippen molar-refractivity contribution in [3.63, 3.8) is 0 Å².